The highest BCUT2D eigenvalue weighted by Crippen LogP contribution is 2.76. The Kier molecular flexibility index (Phi) is 8.05. The van der Waals surface area contributed by atoms with E-state index in [0.717, 1.165) is 44.9 Å². The summed E-state index contributed by atoms with van der Waals surface area (Å²) in [5.74, 6) is -0.382. The molecule has 5 fully saturated rings. The zero-order chi connectivity index (χ0) is 33.1. The van der Waals surface area contributed by atoms with Crippen molar-refractivity contribution in [1.82, 2.24) is 0 Å². The Balaban J connectivity index is 1.31. The summed E-state index contributed by atoms with van der Waals surface area (Å²) in [7, 11) is 0. The van der Waals surface area contributed by atoms with E-state index in [1.807, 2.05) is 0 Å². The Morgan fingerprint density at radius 1 is 0.889 bits per heavy atom. The predicted molar refractivity (Wildman–Crippen MR) is 167 cm³/mol. The van der Waals surface area contributed by atoms with Crippen LogP contribution in [-0.4, -0.2) is 86.1 Å². The van der Waals surface area contributed by atoms with Crippen molar-refractivity contribution in [1.29, 1.82) is 0 Å². The molecule has 45 heavy (non-hydrogen) atoms. The average Bonchev–Trinajstić information content (AvgIpc) is 2.94. The molecule has 256 valence electrons. The predicted octanol–water partition coefficient (Wildman–Crippen LogP) is 4.03. The van der Waals surface area contributed by atoms with Crippen LogP contribution >= 0.6 is 0 Å². The number of ether oxygens (including phenoxy) is 2. The number of hydrogen-bond acceptors (Lipinski definition) is 8. The topological polar surface area (TPSA) is 157 Å². The second kappa shape index (κ2) is 10.7. The van der Waals surface area contributed by atoms with Crippen molar-refractivity contribution in [2.75, 3.05) is 6.61 Å². The molecule has 5 aliphatic carbocycles. The summed E-state index contributed by atoms with van der Waals surface area (Å²) < 4.78 is 12.2. The summed E-state index contributed by atoms with van der Waals surface area (Å²) in [6.07, 6.45) is 1.79. The molecule has 4 saturated carbocycles. The van der Waals surface area contributed by atoms with E-state index in [1.54, 1.807) is 0 Å². The minimum absolute atomic E-state index is 0.0210. The average molecular weight is 635 g/mol. The van der Waals surface area contributed by atoms with Gasteiger partial charge in [0, 0.05) is 0 Å². The van der Waals surface area contributed by atoms with E-state index < -0.39 is 54.8 Å². The first-order valence-electron chi connectivity index (χ1n) is 17.4. The van der Waals surface area contributed by atoms with Crippen molar-refractivity contribution < 1.29 is 44.9 Å². The second-order valence-electron chi connectivity index (χ2n) is 18.0. The molecule has 0 amide bonds. The highest BCUT2D eigenvalue weighted by molar-refractivity contribution is 5.77. The molecule has 1 saturated heterocycles. The van der Waals surface area contributed by atoms with Gasteiger partial charge in [0.2, 0.25) is 0 Å². The standard InChI is InChI=1S/C36H58O9/c1-31(2)14-15-36(30(42)43)20(16-31)19-8-9-23-33(5)12-11-25(45-29-28(41)27(40)26(39)21(18-37)44-29)32(3,4)22(33)10-13-34(23,6)35(19,7)17-24(36)38/h8,20-29,37-41H,9-18H2,1-7H3,(H,42,43)/t20-,21-,22-,23+,24-,25+,26-,27+,28-,29+,33+,34-,35-,36-/m1/s1. The summed E-state index contributed by atoms with van der Waals surface area (Å²) in [4.78, 5) is 13.0. The van der Waals surface area contributed by atoms with Crippen LogP contribution in [0.1, 0.15) is 106 Å². The molecular formula is C36H58O9. The summed E-state index contributed by atoms with van der Waals surface area (Å²) >= 11 is 0. The van der Waals surface area contributed by atoms with E-state index in [9.17, 15) is 35.4 Å². The summed E-state index contributed by atoms with van der Waals surface area (Å²) in [5, 5.41) is 63.5. The molecular weight excluding hydrogens is 576 g/mol. The van der Waals surface area contributed by atoms with Gasteiger partial charge in [0.15, 0.2) is 6.29 Å². The Morgan fingerprint density at radius 2 is 1.58 bits per heavy atom. The molecule has 0 radical (unpaired) electrons. The van der Waals surface area contributed by atoms with E-state index in [1.165, 1.54) is 5.57 Å². The first-order chi connectivity index (χ1) is 20.8. The number of fused-ring (bicyclic) bond motifs is 7. The van der Waals surface area contributed by atoms with Crippen LogP contribution < -0.4 is 0 Å². The first-order valence-corrected chi connectivity index (χ1v) is 17.4. The molecule has 0 aromatic carbocycles. The number of aliphatic hydroxyl groups excluding tert-OH is 5. The quantitative estimate of drug-likeness (QED) is 0.199. The zero-order valence-corrected chi connectivity index (χ0v) is 28.3. The molecule has 6 N–H and O–H groups in total. The van der Waals surface area contributed by atoms with Crippen molar-refractivity contribution in [3.05, 3.63) is 11.6 Å². The van der Waals surface area contributed by atoms with Gasteiger partial charge in [-0.2, -0.15) is 0 Å². The van der Waals surface area contributed by atoms with E-state index in [2.05, 4.69) is 54.5 Å². The maximum Gasteiger partial charge on any atom is 0.312 e. The molecule has 0 aromatic heterocycles. The van der Waals surface area contributed by atoms with Gasteiger partial charge in [0.1, 0.15) is 29.8 Å². The Bertz CT molecular complexity index is 1210. The third kappa shape index (κ3) is 4.54. The molecule has 9 nitrogen and oxygen atoms in total. The molecule has 0 bridgehead atoms. The largest absolute Gasteiger partial charge is 0.481 e. The van der Waals surface area contributed by atoms with Crippen LogP contribution in [0.15, 0.2) is 11.6 Å². The maximum atomic E-state index is 13.0. The molecule has 6 rings (SSSR count). The summed E-state index contributed by atoms with van der Waals surface area (Å²) in [5.41, 5.74) is -0.571. The minimum Gasteiger partial charge on any atom is -0.481 e. The van der Waals surface area contributed by atoms with Crippen molar-refractivity contribution >= 4 is 5.97 Å². The van der Waals surface area contributed by atoms with Crippen molar-refractivity contribution in [3.8, 4) is 0 Å². The molecule has 1 aliphatic heterocycles. The lowest BCUT2D eigenvalue weighted by atomic mass is 9.33. The summed E-state index contributed by atoms with van der Waals surface area (Å²) in [6, 6.07) is 0. The molecule has 9 heteroatoms. The monoisotopic (exact) mass is 634 g/mol. The third-order valence-electron chi connectivity index (χ3n) is 15.2. The lowest BCUT2D eigenvalue weighted by Crippen LogP contribution is -2.68. The normalized spacial score (nSPS) is 53.6. The number of aliphatic hydroxyl groups is 5. The van der Waals surface area contributed by atoms with E-state index in [0.29, 0.717) is 24.7 Å². The van der Waals surface area contributed by atoms with Crippen LogP contribution in [0.2, 0.25) is 0 Å². The van der Waals surface area contributed by atoms with Gasteiger partial charge >= 0.3 is 5.97 Å². The Morgan fingerprint density at radius 3 is 2.22 bits per heavy atom. The molecule has 0 unspecified atom stereocenters. The Labute approximate surface area is 268 Å². The maximum absolute atomic E-state index is 13.0. The van der Waals surface area contributed by atoms with Crippen molar-refractivity contribution in [2.45, 2.75) is 149 Å². The third-order valence-corrected chi connectivity index (χ3v) is 15.2. The number of aliphatic carboxylic acids is 1. The van der Waals surface area contributed by atoms with E-state index in [4.69, 9.17) is 9.47 Å². The number of carbonyl (C=O) groups is 1. The van der Waals surface area contributed by atoms with Gasteiger partial charge in [-0.1, -0.05) is 60.1 Å². The molecule has 14 atom stereocenters. The smallest absolute Gasteiger partial charge is 0.312 e. The minimum atomic E-state index is -1.47. The number of carboxylic acid groups (broad SMARTS) is 1. The van der Waals surface area contributed by atoms with Crippen molar-refractivity contribution in [3.63, 3.8) is 0 Å². The van der Waals surface area contributed by atoms with Gasteiger partial charge in [-0.25, -0.2) is 0 Å². The number of allylic oxidation sites excluding steroid dienone is 2. The van der Waals surface area contributed by atoms with Crippen LogP contribution in [0, 0.1) is 50.2 Å². The number of carboxylic acids is 1. The molecule has 0 aromatic rings. The van der Waals surface area contributed by atoms with Gasteiger partial charge in [-0.15, -0.1) is 0 Å². The van der Waals surface area contributed by atoms with Crippen molar-refractivity contribution in [2.24, 2.45) is 50.2 Å². The number of rotatable bonds is 4. The van der Waals surface area contributed by atoms with Crippen LogP contribution in [0.4, 0.5) is 0 Å². The van der Waals surface area contributed by atoms with E-state index >= 15 is 0 Å². The lowest BCUT2D eigenvalue weighted by molar-refractivity contribution is -0.330. The van der Waals surface area contributed by atoms with Gasteiger partial charge < -0.3 is 40.1 Å². The Hall–Kier alpha value is -1.07. The first kappa shape index (κ1) is 33.8. The lowest BCUT2D eigenvalue weighted by Gasteiger charge is -2.71. The fourth-order valence-electron chi connectivity index (χ4n) is 12.3. The zero-order valence-electron chi connectivity index (χ0n) is 28.3. The van der Waals surface area contributed by atoms with Crippen LogP contribution in [0.5, 0.6) is 0 Å². The fourth-order valence-corrected chi connectivity index (χ4v) is 12.3. The molecule has 6 aliphatic rings. The summed E-state index contributed by atoms with van der Waals surface area (Å²) in [6.45, 7) is 15.6. The van der Waals surface area contributed by atoms with Crippen LogP contribution in [-0.2, 0) is 14.3 Å². The molecule has 0 spiro atoms. The fraction of sp³-hybridized carbons (Fsp3) is 0.917. The van der Waals surface area contributed by atoms with Crippen LogP contribution in [0.3, 0.4) is 0 Å². The van der Waals surface area contributed by atoms with Gasteiger partial charge in [-0.05, 0) is 103 Å². The van der Waals surface area contributed by atoms with Gasteiger partial charge in [0.25, 0.3) is 0 Å². The van der Waals surface area contributed by atoms with Gasteiger partial charge in [-0.3, -0.25) is 4.79 Å². The SMILES string of the molecule is CC1(C)CC[C@]2(C(=O)O)[C@H](O)C[C@]3(C)C(=CC[C@H]4[C@@]5(C)CC[C@H](O[C@@H]6O[C@H](CO)[C@@H](O)[C@H](O)[C@H]6O)C(C)(C)[C@H]5CC[C@]43C)[C@H]2C1. The second-order valence-corrected chi connectivity index (χ2v) is 18.0. The highest BCUT2D eigenvalue weighted by Gasteiger charge is 2.71. The number of hydrogen-bond donors (Lipinski definition) is 6. The van der Waals surface area contributed by atoms with E-state index in [-0.39, 0.29) is 39.1 Å². The van der Waals surface area contributed by atoms with Gasteiger partial charge in [0.05, 0.1) is 18.8 Å². The van der Waals surface area contributed by atoms with Crippen LogP contribution in [0.25, 0.3) is 0 Å². The molecule has 1 heterocycles. The highest BCUT2D eigenvalue weighted by atomic mass is 16.7.